The monoisotopic (exact) mass is 288 g/mol. The van der Waals surface area contributed by atoms with Gasteiger partial charge >= 0.3 is 0 Å². The number of nitrogens with zero attached hydrogens (tertiary/aromatic N) is 1. The molecule has 3 atom stereocenters. The van der Waals surface area contributed by atoms with Crippen LogP contribution < -0.4 is 5.32 Å². The molecule has 116 valence electrons. The van der Waals surface area contributed by atoms with Gasteiger partial charge in [-0.05, 0) is 30.9 Å². The van der Waals surface area contributed by atoms with E-state index in [-0.39, 0.29) is 6.10 Å². The molecule has 2 aliphatic rings. The van der Waals surface area contributed by atoms with Crippen LogP contribution in [0.2, 0.25) is 0 Å². The molecular weight excluding hydrogens is 260 g/mol. The van der Waals surface area contributed by atoms with Gasteiger partial charge in [-0.3, -0.25) is 4.90 Å². The van der Waals surface area contributed by atoms with Crippen LogP contribution in [0.5, 0.6) is 0 Å². The molecule has 1 aromatic rings. The lowest BCUT2D eigenvalue weighted by Gasteiger charge is -2.41. The Bertz CT molecular complexity index is 462. The summed E-state index contributed by atoms with van der Waals surface area (Å²) >= 11 is 0. The van der Waals surface area contributed by atoms with Crippen molar-refractivity contribution >= 4 is 0 Å². The number of benzene rings is 1. The predicted octanol–water partition coefficient (Wildman–Crippen LogP) is 2.76. The molecule has 0 aliphatic carbocycles. The first kappa shape index (κ1) is 15.0. The Balaban J connectivity index is 1.68. The van der Waals surface area contributed by atoms with Crippen molar-refractivity contribution in [2.75, 3.05) is 26.2 Å². The standard InChI is InChI=1S/C18H28N2O/c1-3-6-16-12-20(14(2)11-19-16)13-18-17-8-5-4-7-15(17)9-10-21-18/h4-5,7-8,14,16,18-19H,3,6,9-13H2,1-2H3. The molecule has 0 spiro atoms. The van der Waals surface area contributed by atoms with Crippen molar-refractivity contribution in [3.05, 3.63) is 35.4 Å². The van der Waals surface area contributed by atoms with Crippen molar-refractivity contribution in [2.45, 2.75) is 51.3 Å². The van der Waals surface area contributed by atoms with Crippen LogP contribution in [0, 0.1) is 0 Å². The smallest absolute Gasteiger partial charge is 0.0954 e. The van der Waals surface area contributed by atoms with Gasteiger partial charge in [0.1, 0.15) is 0 Å². The average Bonchev–Trinajstić information content (AvgIpc) is 2.51. The highest BCUT2D eigenvalue weighted by Crippen LogP contribution is 2.28. The maximum absolute atomic E-state index is 6.09. The van der Waals surface area contributed by atoms with E-state index in [0.29, 0.717) is 12.1 Å². The van der Waals surface area contributed by atoms with Crippen molar-refractivity contribution in [1.29, 1.82) is 0 Å². The Morgan fingerprint density at radius 1 is 1.33 bits per heavy atom. The Labute approximate surface area is 128 Å². The minimum Gasteiger partial charge on any atom is -0.372 e. The molecule has 2 aliphatic heterocycles. The van der Waals surface area contributed by atoms with Crippen LogP contribution in [-0.4, -0.2) is 43.2 Å². The molecule has 2 heterocycles. The molecule has 3 unspecified atom stereocenters. The van der Waals surface area contributed by atoms with Crippen molar-refractivity contribution in [3.63, 3.8) is 0 Å². The molecule has 0 amide bonds. The van der Waals surface area contributed by atoms with Crippen LogP contribution in [0.3, 0.4) is 0 Å². The van der Waals surface area contributed by atoms with Gasteiger partial charge in [-0.1, -0.05) is 37.6 Å². The predicted molar refractivity (Wildman–Crippen MR) is 86.6 cm³/mol. The molecule has 1 fully saturated rings. The molecule has 1 saturated heterocycles. The van der Waals surface area contributed by atoms with E-state index in [0.717, 1.165) is 32.7 Å². The van der Waals surface area contributed by atoms with Gasteiger partial charge in [0.05, 0.1) is 12.7 Å². The van der Waals surface area contributed by atoms with E-state index in [4.69, 9.17) is 4.74 Å². The molecule has 3 heteroatoms. The second-order valence-electron chi connectivity index (χ2n) is 6.51. The van der Waals surface area contributed by atoms with Crippen molar-refractivity contribution in [3.8, 4) is 0 Å². The number of rotatable bonds is 4. The highest BCUT2D eigenvalue weighted by Gasteiger charge is 2.29. The summed E-state index contributed by atoms with van der Waals surface area (Å²) in [6.45, 7) is 8.73. The van der Waals surface area contributed by atoms with Gasteiger partial charge in [0.2, 0.25) is 0 Å². The van der Waals surface area contributed by atoms with Crippen LogP contribution in [0.15, 0.2) is 24.3 Å². The summed E-state index contributed by atoms with van der Waals surface area (Å²) in [6.07, 6.45) is 3.83. The first-order chi connectivity index (χ1) is 10.3. The van der Waals surface area contributed by atoms with E-state index in [1.807, 2.05) is 0 Å². The average molecular weight is 288 g/mol. The van der Waals surface area contributed by atoms with Crippen LogP contribution >= 0.6 is 0 Å². The summed E-state index contributed by atoms with van der Waals surface area (Å²) in [5.74, 6) is 0. The largest absolute Gasteiger partial charge is 0.372 e. The molecule has 1 aromatic carbocycles. The molecule has 3 nitrogen and oxygen atoms in total. The number of hydrogen-bond donors (Lipinski definition) is 1. The number of fused-ring (bicyclic) bond motifs is 1. The molecule has 0 saturated carbocycles. The first-order valence-corrected chi connectivity index (χ1v) is 8.44. The second-order valence-corrected chi connectivity index (χ2v) is 6.51. The zero-order valence-corrected chi connectivity index (χ0v) is 13.3. The highest BCUT2D eigenvalue weighted by atomic mass is 16.5. The van der Waals surface area contributed by atoms with Gasteiger partial charge in [0.15, 0.2) is 0 Å². The fourth-order valence-electron chi connectivity index (χ4n) is 3.63. The van der Waals surface area contributed by atoms with Crippen LogP contribution in [-0.2, 0) is 11.2 Å². The van der Waals surface area contributed by atoms with Crippen LogP contribution in [0.25, 0.3) is 0 Å². The molecule has 21 heavy (non-hydrogen) atoms. The zero-order chi connectivity index (χ0) is 14.7. The Kier molecular flexibility index (Phi) is 4.94. The molecular formula is C18H28N2O. The molecule has 1 N–H and O–H groups in total. The van der Waals surface area contributed by atoms with E-state index >= 15 is 0 Å². The van der Waals surface area contributed by atoms with Crippen molar-refractivity contribution in [2.24, 2.45) is 0 Å². The van der Waals surface area contributed by atoms with Gasteiger partial charge in [-0.2, -0.15) is 0 Å². The molecule has 0 bridgehead atoms. The fourth-order valence-corrected chi connectivity index (χ4v) is 3.63. The van der Waals surface area contributed by atoms with Gasteiger partial charge in [-0.25, -0.2) is 0 Å². The SMILES string of the molecule is CCCC1CN(CC2OCCc3ccccc32)C(C)CN1. The third-order valence-corrected chi connectivity index (χ3v) is 4.91. The Morgan fingerprint density at radius 2 is 2.19 bits per heavy atom. The number of nitrogens with one attached hydrogen (secondary N) is 1. The third kappa shape index (κ3) is 3.47. The molecule has 3 rings (SSSR count). The molecule has 0 radical (unpaired) electrons. The topological polar surface area (TPSA) is 24.5 Å². The number of piperazine rings is 1. The lowest BCUT2D eigenvalue weighted by atomic mass is 9.96. The first-order valence-electron chi connectivity index (χ1n) is 8.44. The van der Waals surface area contributed by atoms with Gasteiger partial charge in [0.25, 0.3) is 0 Å². The van der Waals surface area contributed by atoms with E-state index in [2.05, 4.69) is 48.3 Å². The van der Waals surface area contributed by atoms with E-state index in [1.165, 1.54) is 24.0 Å². The second kappa shape index (κ2) is 6.91. The maximum Gasteiger partial charge on any atom is 0.0954 e. The van der Waals surface area contributed by atoms with E-state index in [1.54, 1.807) is 0 Å². The maximum atomic E-state index is 6.09. The number of ether oxygens (including phenoxy) is 1. The van der Waals surface area contributed by atoms with Gasteiger partial charge < -0.3 is 10.1 Å². The van der Waals surface area contributed by atoms with E-state index < -0.39 is 0 Å². The molecule has 0 aromatic heterocycles. The van der Waals surface area contributed by atoms with Crippen molar-refractivity contribution < 1.29 is 4.74 Å². The van der Waals surface area contributed by atoms with Crippen LogP contribution in [0.1, 0.15) is 43.9 Å². The summed E-state index contributed by atoms with van der Waals surface area (Å²) in [5.41, 5.74) is 2.88. The Morgan fingerprint density at radius 3 is 3.05 bits per heavy atom. The summed E-state index contributed by atoms with van der Waals surface area (Å²) < 4.78 is 6.09. The highest BCUT2D eigenvalue weighted by molar-refractivity contribution is 5.31. The van der Waals surface area contributed by atoms with Gasteiger partial charge in [0, 0.05) is 31.7 Å². The zero-order valence-electron chi connectivity index (χ0n) is 13.3. The van der Waals surface area contributed by atoms with Crippen molar-refractivity contribution in [1.82, 2.24) is 10.2 Å². The normalized spacial score (nSPS) is 30.1. The van der Waals surface area contributed by atoms with Gasteiger partial charge in [-0.15, -0.1) is 0 Å². The summed E-state index contributed by atoms with van der Waals surface area (Å²) in [7, 11) is 0. The Hall–Kier alpha value is -0.900. The number of hydrogen-bond acceptors (Lipinski definition) is 3. The quantitative estimate of drug-likeness (QED) is 0.922. The lowest BCUT2D eigenvalue weighted by molar-refractivity contribution is -0.00187. The fraction of sp³-hybridized carbons (Fsp3) is 0.667. The lowest BCUT2D eigenvalue weighted by Crippen LogP contribution is -2.56. The summed E-state index contributed by atoms with van der Waals surface area (Å²) in [6, 6.07) is 10.0. The van der Waals surface area contributed by atoms with Crippen LogP contribution in [0.4, 0.5) is 0 Å². The summed E-state index contributed by atoms with van der Waals surface area (Å²) in [4.78, 5) is 2.61. The summed E-state index contributed by atoms with van der Waals surface area (Å²) in [5, 5.41) is 3.67. The third-order valence-electron chi connectivity index (χ3n) is 4.91. The minimum absolute atomic E-state index is 0.248. The minimum atomic E-state index is 0.248. The van der Waals surface area contributed by atoms with E-state index in [9.17, 15) is 0 Å².